The van der Waals surface area contributed by atoms with E-state index in [9.17, 15) is 14.9 Å². The van der Waals surface area contributed by atoms with Gasteiger partial charge in [0.2, 0.25) is 5.91 Å². The van der Waals surface area contributed by atoms with Crippen LogP contribution in [0.4, 0.5) is 11.4 Å². The number of likely N-dealkylation sites (N-methyl/N-ethyl adjacent to an activating group) is 1. The lowest BCUT2D eigenvalue weighted by Crippen LogP contribution is -2.39. The molecule has 1 aromatic rings. The number of nitrogens with one attached hydrogen (secondary N) is 2. The molecule has 0 radical (unpaired) electrons. The van der Waals surface area contributed by atoms with E-state index in [0.29, 0.717) is 18.9 Å². The van der Waals surface area contributed by atoms with Gasteiger partial charge in [-0.05, 0) is 19.2 Å². The fourth-order valence-electron chi connectivity index (χ4n) is 2.06. The molecule has 0 aliphatic carbocycles. The molecule has 2 unspecified atom stereocenters. The van der Waals surface area contributed by atoms with Crippen molar-refractivity contribution in [3.63, 3.8) is 0 Å². The number of nitro benzene ring substituents is 1. The number of ether oxygens (including phenoxy) is 1. The molecule has 2 N–H and O–H groups in total. The van der Waals surface area contributed by atoms with Crippen molar-refractivity contribution in [1.82, 2.24) is 5.32 Å². The summed E-state index contributed by atoms with van der Waals surface area (Å²) in [5.41, 5.74) is 0.102. The van der Waals surface area contributed by atoms with E-state index in [2.05, 4.69) is 10.6 Å². The second-order valence-electron chi connectivity index (χ2n) is 4.45. The first-order valence-corrected chi connectivity index (χ1v) is 6.40. The number of hydrogen-bond donors (Lipinski definition) is 2. The number of nitro groups is 1. The first-order valence-electron chi connectivity index (χ1n) is 6.02. The molecule has 2 atom stereocenters. The molecule has 1 aliphatic heterocycles. The standard InChI is InChI=1S/C12H14ClN3O4/c1-14-10-6-20-5-8(10)12(17)15-7-2-3-9(13)11(4-7)16(18)19/h2-4,8,10,14H,5-6H2,1H3,(H,15,17). The van der Waals surface area contributed by atoms with Crippen LogP contribution in [-0.2, 0) is 9.53 Å². The zero-order valence-corrected chi connectivity index (χ0v) is 11.5. The minimum absolute atomic E-state index is 0.0327. The van der Waals surface area contributed by atoms with Crippen molar-refractivity contribution in [1.29, 1.82) is 0 Å². The first kappa shape index (κ1) is 14.7. The number of benzene rings is 1. The van der Waals surface area contributed by atoms with Crippen molar-refractivity contribution >= 4 is 28.9 Å². The number of carbonyl (C=O) groups is 1. The smallest absolute Gasteiger partial charge is 0.289 e. The summed E-state index contributed by atoms with van der Waals surface area (Å²) in [5, 5.41) is 16.5. The molecule has 0 spiro atoms. The third-order valence-corrected chi connectivity index (χ3v) is 3.52. The van der Waals surface area contributed by atoms with Crippen LogP contribution in [0.1, 0.15) is 0 Å². The SMILES string of the molecule is CNC1COCC1C(=O)Nc1ccc(Cl)c([N+](=O)[O-])c1. The van der Waals surface area contributed by atoms with Crippen LogP contribution in [0.25, 0.3) is 0 Å². The Morgan fingerprint density at radius 1 is 1.50 bits per heavy atom. The number of anilines is 1. The van der Waals surface area contributed by atoms with Crippen LogP contribution in [-0.4, -0.2) is 37.1 Å². The number of hydrogen-bond acceptors (Lipinski definition) is 5. The molecular weight excluding hydrogens is 286 g/mol. The van der Waals surface area contributed by atoms with Gasteiger partial charge in [0.25, 0.3) is 5.69 Å². The van der Waals surface area contributed by atoms with Crippen LogP contribution < -0.4 is 10.6 Å². The van der Waals surface area contributed by atoms with Gasteiger partial charge in [0.05, 0.1) is 24.1 Å². The zero-order chi connectivity index (χ0) is 14.7. The van der Waals surface area contributed by atoms with Gasteiger partial charge in [-0.2, -0.15) is 0 Å². The number of carbonyl (C=O) groups excluding carboxylic acids is 1. The largest absolute Gasteiger partial charge is 0.379 e. The van der Waals surface area contributed by atoms with Gasteiger partial charge in [-0.15, -0.1) is 0 Å². The zero-order valence-electron chi connectivity index (χ0n) is 10.8. The molecule has 20 heavy (non-hydrogen) atoms. The maximum absolute atomic E-state index is 12.1. The number of nitrogens with zero attached hydrogens (tertiary/aromatic N) is 1. The second-order valence-corrected chi connectivity index (χ2v) is 4.86. The minimum atomic E-state index is -0.590. The van der Waals surface area contributed by atoms with Crippen molar-refractivity contribution in [2.75, 3.05) is 25.6 Å². The summed E-state index contributed by atoms with van der Waals surface area (Å²) >= 11 is 5.72. The quantitative estimate of drug-likeness (QED) is 0.648. The van der Waals surface area contributed by atoms with Crippen LogP contribution in [0, 0.1) is 16.0 Å². The average molecular weight is 300 g/mol. The molecule has 1 aliphatic rings. The van der Waals surface area contributed by atoms with E-state index >= 15 is 0 Å². The molecule has 1 heterocycles. The van der Waals surface area contributed by atoms with E-state index in [0.717, 1.165) is 0 Å². The summed E-state index contributed by atoms with van der Waals surface area (Å²) < 4.78 is 5.25. The number of halogens is 1. The Balaban J connectivity index is 2.12. The molecule has 1 saturated heterocycles. The average Bonchev–Trinajstić information content (AvgIpc) is 2.89. The minimum Gasteiger partial charge on any atom is -0.379 e. The van der Waals surface area contributed by atoms with E-state index in [4.69, 9.17) is 16.3 Å². The van der Waals surface area contributed by atoms with Gasteiger partial charge in [0, 0.05) is 17.8 Å². The Morgan fingerprint density at radius 2 is 2.25 bits per heavy atom. The Labute approximate surface area is 120 Å². The van der Waals surface area contributed by atoms with Gasteiger partial charge in [-0.3, -0.25) is 14.9 Å². The van der Waals surface area contributed by atoms with Gasteiger partial charge >= 0.3 is 0 Å². The van der Waals surface area contributed by atoms with Gasteiger partial charge in [-0.25, -0.2) is 0 Å². The molecule has 1 aromatic carbocycles. The van der Waals surface area contributed by atoms with Crippen molar-refractivity contribution in [3.8, 4) is 0 Å². The van der Waals surface area contributed by atoms with E-state index in [-0.39, 0.29) is 28.6 Å². The summed E-state index contributed by atoms with van der Waals surface area (Å²) in [6.07, 6.45) is 0. The maximum Gasteiger partial charge on any atom is 0.289 e. The van der Waals surface area contributed by atoms with E-state index in [1.165, 1.54) is 18.2 Å². The number of rotatable bonds is 4. The summed E-state index contributed by atoms with van der Waals surface area (Å²) in [6.45, 7) is 0.794. The highest BCUT2D eigenvalue weighted by Gasteiger charge is 2.33. The Hall–Kier alpha value is -1.70. The number of amides is 1. The van der Waals surface area contributed by atoms with E-state index < -0.39 is 4.92 Å². The van der Waals surface area contributed by atoms with Crippen LogP contribution in [0.15, 0.2) is 18.2 Å². The van der Waals surface area contributed by atoms with Crippen molar-refractivity contribution in [2.24, 2.45) is 5.92 Å². The van der Waals surface area contributed by atoms with E-state index in [1.807, 2.05) is 0 Å². The second kappa shape index (κ2) is 6.17. The van der Waals surface area contributed by atoms with Gasteiger partial charge in [0.15, 0.2) is 0 Å². The Kier molecular flexibility index (Phi) is 4.53. The molecule has 7 nitrogen and oxygen atoms in total. The lowest BCUT2D eigenvalue weighted by Gasteiger charge is -2.16. The lowest BCUT2D eigenvalue weighted by molar-refractivity contribution is -0.384. The van der Waals surface area contributed by atoms with Crippen molar-refractivity contribution < 1.29 is 14.5 Å². The molecule has 2 rings (SSSR count). The molecule has 108 valence electrons. The third kappa shape index (κ3) is 3.06. The summed E-state index contributed by atoms with van der Waals surface area (Å²) in [5.74, 6) is -0.562. The molecule has 0 bridgehead atoms. The van der Waals surface area contributed by atoms with Crippen LogP contribution >= 0.6 is 11.6 Å². The van der Waals surface area contributed by atoms with Crippen molar-refractivity contribution in [2.45, 2.75) is 6.04 Å². The molecular formula is C12H14ClN3O4. The molecule has 1 fully saturated rings. The topological polar surface area (TPSA) is 93.5 Å². The van der Waals surface area contributed by atoms with Crippen LogP contribution in [0.2, 0.25) is 5.02 Å². The fourth-order valence-corrected chi connectivity index (χ4v) is 2.25. The fraction of sp³-hybridized carbons (Fsp3) is 0.417. The highest BCUT2D eigenvalue weighted by Crippen LogP contribution is 2.28. The third-order valence-electron chi connectivity index (χ3n) is 3.20. The molecule has 1 amide bonds. The van der Waals surface area contributed by atoms with E-state index in [1.54, 1.807) is 7.05 Å². The molecule has 0 saturated carbocycles. The normalized spacial score (nSPS) is 21.7. The highest BCUT2D eigenvalue weighted by molar-refractivity contribution is 6.32. The van der Waals surface area contributed by atoms with Crippen molar-refractivity contribution in [3.05, 3.63) is 33.3 Å². The Morgan fingerprint density at radius 3 is 2.90 bits per heavy atom. The first-order chi connectivity index (χ1) is 9.52. The molecule has 8 heteroatoms. The lowest BCUT2D eigenvalue weighted by atomic mass is 10.0. The van der Waals surface area contributed by atoms with Crippen LogP contribution in [0.3, 0.4) is 0 Å². The van der Waals surface area contributed by atoms with Gasteiger partial charge in [-0.1, -0.05) is 11.6 Å². The summed E-state index contributed by atoms with van der Waals surface area (Å²) in [6, 6.07) is 4.09. The summed E-state index contributed by atoms with van der Waals surface area (Å²) in [4.78, 5) is 22.3. The van der Waals surface area contributed by atoms with Gasteiger partial charge in [0.1, 0.15) is 5.02 Å². The predicted molar refractivity (Wildman–Crippen MR) is 73.9 cm³/mol. The summed E-state index contributed by atoms with van der Waals surface area (Å²) in [7, 11) is 1.76. The maximum atomic E-state index is 12.1. The predicted octanol–water partition coefficient (Wildman–Crippen LogP) is 1.42. The Bertz CT molecular complexity index is 537. The highest BCUT2D eigenvalue weighted by atomic mass is 35.5. The molecule has 0 aromatic heterocycles. The monoisotopic (exact) mass is 299 g/mol. The van der Waals surface area contributed by atoms with Gasteiger partial charge < -0.3 is 15.4 Å². The van der Waals surface area contributed by atoms with Crippen LogP contribution in [0.5, 0.6) is 0 Å².